The van der Waals surface area contributed by atoms with Crippen LogP contribution >= 0.6 is 0 Å². The minimum Gasteiger partial charge on any atom is -0.361 e. The molecule has 5 heteroatoms. The maximum atomic E-state index is 11.8. The van der Waals surface area contributed by atoms with Crippen molar-refractivity contribution >= 4 is 20.7 Å². The van der Waals surface area contributed by atoms with E-state index < -0.39 is 9.84 Å². The van der Waals surface area contributed by atoms with Crippen molar-refractivity contribution in [3.63, 3.8) is 0 Å². The van der Waals surface area contributed by atoms with Gasteiger partial charge in [-0.25, -0.2) is 8.42 Å². The smallest absolute Gasteiger partial charge is 0.150 e. The average Bonchev–Trinajstić information content (AvgIpc) is 3.24. The van der Waals surface area contributed by atoms with E-state index in [-0.39, 0.29) is 11.5 Å². The van der Waals surface area contributed by atoms with Gasteiger partial charge in [-0.05, 0) is 55.5 Å². The van der Waals surface area contributed by atoms with Crippen LogP contribution in [0.1, 0.15) is 50.2 Å². The van der Waals surface area contributed by atoms with Gasteiger partial charge < -0.3 is 10.3 Å². The lowest BCUT2D eigenvalue weighted by atomic mass is 9.87. The molecule has 0 radical (unpaired) electrons. The highest BCUT2D eigenvalue weighted by molar-refractivity contribution is 7.91. The number of aromatic amines is 1. The first kappa shape index (κ1) is 17.5. The second-order valence-electron chi connectivity index (χ2n) is 6.83. The summed E-state index contributed by atoms with van der Waals surface area (Å²) >= 11 is 0. The predicted octanol–water partition coefficient (Wildman–Crippen LogP) is 3.39. The first-order valence-electron chi connectivity index (χ1n) is 9.07. The molecule has 2 aromatic rings. The van der Waals surface area contributed by atoms with Crippen molar-refractivity contribution in [3.05, 3.63) is 35.5 Å². The summed E-state index contributed by atoms with van der Waals surface area (Å²) in [7, 11) is -2.92. The molecule has 1 aromatic carbocycles. The van der Waals surface area contributed by atoms with Gasteiger partial charge in [0.2, 0.25) is 0 Å². The van der Waals surface area contributed by atoms with Crippen molar-refractivity contribution in [2.45, 2.75) is 51.5 Å². The first-order valence-corrected chi connectivity index (χ1v) is 10.9. The SMILES string of the molecule is CC[C@H](c1c[nH]c2ccc(CCS(=O)(=O)CC)cc12)C1CCCN1. The van der Waals surface area contributed by atoms with Crippen molar-refractivity contribution in [2.24, 2.45) is 0 Å². The molecule has 0 saturated carbocycles. The minimum atomic E-state index is -2.92. The third-order valence-corrected chi connectivity index (χ3v) is 7.05. The van der Waals surface area contributed by atoms with Gasteiger partial charge in [-0.1, -0.05) is 19.9 Å². The van der Waals surface area contributed by atoms with E-state index in [4.69, 9.17) is 0 Å². The van der Waals surface area contributed by atoms with E-state index in [2.05, 4.69) is 35.6 Å². The number of sulfone groups is 1. The fourth-order valence-electron chi connectivity index (χ4n) is 3.85. The third-order valence-electron chi connectivity index (χ3n) is 5.34. The van der Waals surface area contributed by atoms with Crippen LogP contribution in [0.2, 0.25) is 0 Å². The molecule has 1 fully saturated rings. The molecule has 0 aliphatic carbocycles. The Balaban J connectivity index is 1.88. The molecular weight excluding hydrogens is 320 g/mol. The normalized spacial score (nSPS) is 19.8. The van der Waals surface area contributed by atoms with E-state index in [9.17, 15) is 8.42 Å². The summed E-state index contributed by atoms with van der Waals surface area (Å²) in [6, 6.07) is 6.87. The number of aromatic nitrogens is 1. The van der Waals surface area contributed by atoms with Gasteiger partial charge in [0, 0.05) is 34.8 Å². The average molecular weight is 349 g/mol. The quantitative estimate of drug-likeness (QED) is 0.806. The molecule has 132 valence electrons. The molecule has 2 N–H and O–H groups in total. The second kappa shape index (κ2) is 7.28. The van der Waals surface area contributed by atoms with Crippen molar-refractivity contribution in [1.29, 1.82) is 0 Å². The monoisotopic (exact) mass is 348 g/mol. The molecule has 1 unspecified atom stereocenters. The van der Waals surface area contributed by atoms with Gasteiger partial charge in [-0.15, -0.1) is 0 Å². The van der Waals surface area contributed by atoms with Gasteiger partial charge in [0.1, 0.15) is 9.84 Å². The molecule has 4 nitrogen and oxygen atoms in total. The summed E-state index contributed by atoms with van der Waals surface area (Å²) in [5.41, 5.74) is 3.62. The topological polar surface area (TPSA) is 62.0 Å². The number of H-pyrrole nitrogens is 1. The zero-order valence-electron chi connectivity index (χ0n) is 14.6. The largest absolute Gasteiger partial charge is 0.361 e. The number of fused-ring (bicyclic) bond motifs is 1. The fraction of sp³-hybridized carbons (Fsp3) is 0.579. The minimum absolute atomic E-state index is 0.218. The van der Waals surface area contributed by atoms with Crippen LogP contribution in [0.15, 0.2) is 24.4 Å². The third kappa shape index (κ3) is 3.67. The molecule has 2 atom stereocenters. The second-order valence-corrected chi connectivity index (χ2v) is 9.30. The standard InChI is InChI=1S/C19H28N2O2S/c1-3-15(18-6-5-10-20-18)17-13-21-19-8-7-14(12-16(17)19)9-11-24(22,23)4-2/h7-8,12-13,15,18,20-21H,3-6,9-11H2,1-2H3/t15-,18?/m1/s1. The number of benzene rings is 1. The maximum absolute atomic E-state index is 11.8. The van der Waals surface area contributed by atoms with Crippen LogP contribution < -0.4 is 5.32 Å². The van der Waals surface area contributed by atoms with E-state index in [1.165, 1.54) is 23.8 Å². The van der Waals surface area contributed by atoms with Gasteiger partial charge in [-0.2, -0.15) is 0 Å². The summed E-state index contributed by atoms with van der Waals surface area (Å²) < 4.78 is 23.5. The fourth-order valence-corrected chi connectivity index (χ4v) is 4.68. The van der Waals surface area contributed by atoms with Crippen molar-refractivity contribution < 1.29 is 8.42 Å². The molecule has 1 saturated heterocycles. The molecule has 2 heterocycles. The molecule has 3 rings (SSSR count). The summed E-state index contributed by atoms with van der Waals surface area (Å²) in [6.45, 7) is 5.08. The van der Waals surface area contributed by atoms with Gasteiger partial charge >= 0.3 is 0 Å². The zero-order valence-corrected chi connectivity index (χ0v) is 15.5. The molecule has 1 aliphatic heterocycles. The Bertz CT molecular complexity index is 789. The van der Waals surface area contributed by atoms with Crippen LogP contribution in [0.5, 0.6) is 0 Å². The highest BCUT2D eigenvalue weighted by atomic mass is 32.2. The zero-order chi connectivity index (χ0) is 17.2. The van der Waals surface area contributed by atoms with E-state index in [1.54, 1.807) is 6.92 Å². The van der Waals surface area contributed by atoms with Crippen LogP contribution in [-0.2, 0) is 16.3 Å². The molecule has 24 heavy (non-hydrogen) atoms. The molecule has 0 amide bonds. The lowest BCUT2D eigenvalue weighted by molar-refractivity contribution is 0.479. The van der Waals surface area contributed by atoms with E-state index in [1.807, 2.05) is 6.07 Å². The van der Waals surface area contributed by atoms with Gasteiger partial charge in [0.15, 0.2) is 0 Å². The molecule has 0 spiro atoms. The molecular formula is C19H28N2O2S. The van der Waals surface area contributed by atoms with Gasteiger partial charge in [-0.3, -0.25) is 0 Å². The van der Waals surface area contributed by atoms with Crippen molar-refractivity contribution in [1.82, 2.24) is 10.3 Å². The number of rotatable bonds is 7. The Labute approximate surface area is 145 Å². The van der Waals surface area contributed by atoms with Gasteiger partial charge in [0.25, 0.3) is 0 Å². The maximum Gasteiger partial charge on any atom is 0.150 e. The Hall–Kier alpha value is -1.33. The Kier molecular flexibility index (Phi) is 5.30. The van der Waals surface area contributed by atoms with Crippen LogP contribution in [0.25, 0.3) is 10.9 Å². The highest BCUT2D eigenvalue weighted by Gasteiger charge is 2.26. The van der Waals surface area contributed by atoms with Crippen LogP contribution in [0.4, 0.5) is 0 Å². The Morgan fingerprint density at radius 3 is 2.79 bits per heavy atom. The van der Waals surface area contributed by atoms with E-state index in [0.717, 1.165) is 24.0 Å². The summed E-state index contributed by atoms with van der Waals surface area (Å²) in [5, 5.41) is 4.89. The Morgan fingerprint density at radius 2 is 2.12 bits per heavy atom. The summed E-state index contributed by atoms with van der Waals surface area (Å²) in [5.74, 6) is 0.961. The summed E-state index contributed by atoms with van der Waals surface area (Å²) in [4.78, 5) is 3.39. The number of nitrogens with one attached hydrogen (secondary N) is 2. The van der Waals surface area contributed by atoms with Crippen LogP contribution in [-0.4, -0.2) is 37.5 Å². The van der Waals surface area contributed by atoms with E-state index in [0.29, 0.717) is 18.4 Å². The molecule has 0 bridgehead atoms. The highest BCUT2D eigenvalue weighted by Crippen LogP contribution is 2.33. The van der Waals surface area contributed by atoms with Crippen molar-refractivity contribution in [2.75, 3.05) is 18.1 Å². The molecule has 1 aliphatic rings. The molecule has 1 aromatic heterocycles. The van der Waals surface area contributed by atoms with Crippen molar-refractivity contribution in [3.8, 4) is 0 Å². The lowest BCUT2D eigenvalue weighted by Crippen LogP contribution is -2.28. The van der Waals surface area contributed by atoms with Crippen LogP contribution in [0.3, 0.4) is 0 Å². The predicted molar refractivity (Wildman–Crippen MR) is 100 cm³/mol. The summed E-state index contributed by atoms with van der Waals surface area (Å²) in [6.07, 6.45) is 6.34. The Morgan fingerprint density at radius 1 is 1.29 bits per heavy atom. The van der Waals surface area contributed by atoms with Gasteiger partial charge in [0.05, 0.1) is 5.75 Å². The lowest BCUT2D eigenvalue weighted by Gasteiger charge is -2.22. The number of hydrogen-bond donors (Lipinski definition) is 2. The van der Waals surface area contributed by atoms with Crippen LogP contribution in [0, 0.1) is 0 Å². The number of hydrogen-bond acceptors (Lipinski definition) is 3. The van der Waals surface area contributed by atoms with E-state index >= 15 is 0 Å². The first-order chi connectivity index (χ1) is 11.5. The number of aryl methyl sites for hydroxylation is 1.